The van der Waals surface area contributed by atoms with E-state index in [0.717, 1.165) is 17.1 Å². The topological polar surface area (TPSA) is 57.5 Å². The van der Waals surface area contributed by atoms with Crippen molar-refractivity contribution in [1.29, 1.82) is 0 Å². The van der Waals surface area contributed by atoms with Crippen molar-refractivity contribution in [3.8, 4) is 0 Å². The summed E-state index contributed by atoms with van der Waals surface area (Å²) in [7, 11) is -4.04. The van der Waals surface area contributed by atoms with E-state index in [-0.39, 0.29) is 4.62 Å². The van der Waals surface area contributed by atoms with E-state index in [4.69, 9.17) is 9.79 Å². The first-order valence-corrected chi connectivity index (χ1v) is 8.39. The lowest BCUT2D eigenvalue weighted by Gasteiger charge is -2.19. The van der Waals surface area contributed by atoms with E-state index in [1.54, 1.807) is 6.07 Å². The molecule has 1 unspecified atom stereocenters. The van der Waals surface area contributed by atoms with Gasteiger partial charge in [0.25, 0.3) is 0 Å². The van der Waals surface area contributed by atoms with E-state index in [1.165, 1.54) is 23.5 Å². The van der Waals surface area contributed by atoms with Gasteiger partial charge in [-0.1, -0.05) is 0 Å². The summed E-state index contributed by atoms with van der Waals surface area (Å²) in [6, 6.07) is 3.44. The zero-order valence-corrected chi connectivity index (χ0v) is 10.7. The third-order valence-electron chi connectivity index (χ3n) is 2.46. The normalized spacial score (nSPS) is 22.9. The Morgan fingerprint density at radius 1 is 1.40 bits per heavy atom. The van der Waals surface area contributed by atoms with Crippen molar-refractivity contribution in [3.05, 3.63) is 17.0 Å². The van der Waals surface area contributed by atoms with Crippen LogP contribution in [0.5, 0.6) is 0 Å². The fourth-order valence-electron chi connectivity index (χ4n) is 1.68. The van der Waals surface area contributed by atoms with Crippen LogP contribution in [0.15, 0.2) is 12.1 Å². The number of thioether (sulfide) groups is 1. The average Bonchev–Trinajstić information content (AvgIpc) is 2.67. The van der Waals surface area contributed by atoms with Gasteiger partial charge in [-0.3, -0.25) is 4.57 Å². The summed E-state index contributed by atoms with van der Waals surface area (Å²) in [4.78, 5) is 19.2. The first-order chi connectivity index (χ1) is 7.07. The lowest BCUT2D eigenvalue weighted by molar-refractivity contribution is 0.388. The molecule has 3 nitrogen and oxygen atoms in total. The van der Waals surface area contributed by atoms with E-state index >= 15 is 0 Å². The van der Waals surface area contributed by atoms with Crippen molar-refractivity contribution in [2.24, 2.45) is 0 Å². The third kappa shape index (κ3) is 2.86. The molecule has 1 aliphatic heterocycles. The molecule has 15 heavy (non-hydrogen) atoms. The fraction of sp³-hybridized carbons (Fsp3) is 0.556. The molecule has 0 radical (unpaired) electrons. The maximum absolute atomic E-state index is 11.0. The summed E-state index contributed by atoms with van der Waals surface area (Å²) in [6.45, 7) is 0. The Labute approximate surface area is 97.1 Å². The molecular formula is C9H13O3PS2. The quantitative estimate of drug-likeness (QED) is 0.804. The van der Waals surface area contributed by atoms with Gasteiger partial charge in [0.1, 0.15) is 4.62 Å². The van der Waals surface area contributed by atoms with Crippen molar-refractivity contribution in [2.45, 2.75) is 18.8 Å². The van der Waals surface area contributed by atoms with Gasteiger partial charge in [-0.25, -0.2) is 0 Å². The van der Waals surface area contributed by atoms with Gasteiger partial charge >= 0.3 is 7.60 Å². The molecule has 0 saturated carbocycles. The molecule has 0 aliphatic carbocycles. The van der Waals surface area contributed by atoms with Crippen molar-refractivity contribution in [2.75, 3.05) is 11.5 Å². The van der Waals surface area contributed by atoms with Crippen LogP contribution >= 0.6 is 30.7 Å². The van der Waals surface area contributed by atoms with Gasteiger partial charge in [0.15, 0.2) is 0 Å². The molecule has 1 aliphatic rings. The van der Waals surface area contributed by atoms with Crippen LogP contribution in [0.2, 0.25) is 0 Å². The Bertz CT molecular complexity index is 378. The second kappa shape index (κ2) is 4.60. The van der Waals surface area contributed by atoms with Crippen molar-refractivity contribution in [3.63, 3.8) is 0 Å². The molecule has 1 aromatic rings. The van der Waals surface area contributed by atoms with Crippen LogP contribution in [0.25, 0.3) is 0 Å². The van der Waals surface area contributed by atoms with Gasteiger partial charge in [-0.15, -0.1) is 11.3 Å². The second-order valence-electron chi connectivity index (χ2n) is 3.63. The predicted octanol–water partition coefficient (Wildman–Crippen LogP) is 2.16. The Morgan fingerprint density at radius 2 is 2.20 bits per heavy atom. The van der Waals surface area contributed by atoms with E-state index < -0.39 is 7.60 Å². The molecule has 1 fully saturated rings. The van der Waals surface area contributed by atoms with Crippen LogP contribution < -0.4 is 4.62 Å². The molecule has 2 heterocycles. The first kappa shape index (κ1) is 11.7. The van der Waals surface area contributed by atoms with Crippen LogP contribution in [-0.4, -0.2) is 21.3 Å². The maximum atomic E-state index is 11.0. The summed E-state index contributed by atoms with van der Waals surface area (Å²) in [5.74, 6) is 2.79. The Kier molecular flexibility index (Phi) is 3.58. The molecular weight excluding hydrogens is 251 g/mol. The summed E-state index contributed by atoms with van der Waals surface area (Å²) in [6.07, 6.45) is 2.35. The van der Waals surface area contributed by atoms with Crippen LogP contribution in [0.3, 0.4) is 0 Å². The molecule has 1 atom stereocenters. The van der Waals surface area contributed by atoms with Crippen molar-refractivity contribution < 1.29 is 14.4 Å². The van der Waals surface area contributed by atoms with Crippen LogP contribution in [0.4, 0.5) is 0 Å². The fourth-order valence-corrected chi connectivity index (χ4v) is 4.90. The third-order valence-corrected chi connectivity index (χ3v) is 6.44. The van der Waals surface area contributed by atoms with Crippen LogP contribution in [0.1, 0.15) is 23.6 Å². The summed E-state index contributed by atoms with van der Waals surface area (Å²) < 4.78 is 11.2. The lowest BCUT2D eigenvalue weighted by Crippen LogP contribution is -2.06. The molecule has 6 heteroatoms. The van der Waals surface area contributed by atoms with Gasteiger partial charge in [0.05, 0.1) is 0 Å². The van der Waals surface area contributed by atoms with E-state index in [1.807, 2.05) is 17.8 Å². The smallest absolute Gasteiger partial charge is 0.320 e. The zero-order chi connectivity index (χ0) is 10.9. The SMILES string of the molecule is O=P(O)(O)c1ccc(C2CCCSC2)s1. The minimum Gasteiger partial charge on any atom is -0.320 e. The molecule has 0 aromatic carbocycles. The lowest BCUT2D eigenvalue weighted by atomic mass is 10.0. The second-order valence-corrected chi connectivity index (χ2v) is 7.77. The molecule has 2 N–H and O–H groups in total. The summed E-state index contributed by atoms with van der Waals surface area (Å²) in [5.41, 5.74) is 0. The largest absolute Gasteiger partial charge is 0.366 e. The highest BCUT2D eigenvalue weighted by Gasteiger charge is 2.23. The Balaban J connectivity index is 2.16. The minimum absolute atomic E-state index is 0.202. The summed E-state index contributed by atoms with van der Waals surface area (Å²) >= 11 is 3.20. The standard InChI is InChI=1S/C9H13O3PS2/c10-13(11,12)9-4-3-8(15-9)7-2-1-5-14-6-7/h3-4,7H,1-2,5-6H2,(H2,10,11,12). The first-order valence-electron chi connectivity index (χ1n) is 4.81. The highest BCUT2D eigenvalue weighted by atomic mass is 32.2. The molecule has 0 spiro atoms. The highest BCUT2D eigenvalue weighted by molar-refractivity contribution is 7.99. The monoisotopic (exact) mass is 264 g/mol. The number of hydrogen-bond donors (Lipinski definition) is 2. The molecule has 0 amide bonds. The Morgan fingerprint density at radius 3 is 2.73 bits per heavy atom. The number of hydrogen-bond acceptors (Lipinski definition) is 3. The van der Waals surface area contributed by atoms with Crippen molar-refractivity contribution >= 4 is 35.3 Å². The minimum atomic E-state index is -4.04. The van der Waals surface area contributed by atoms with Crippen LogP contribution in [-0.2, 0) is 4.57 Å². The van der Waals surface area contributed by atoms with E-state index in [2.05, 4.69) is 0 Å². The van der Waals surface area contributed by atoms with Gasteiger partial charge in [-0.05, 0) is 30.7 Å². The van der Waals surface area contributed by atoms with E-state index in [9.17, 15) is 4.57 Å². The maximum Gasteiger partial charge on any atom is 0.366 e. The average molecular weight is 264 g/mol. The van der Waals surface area contributed by atoms with Crippen LogP contribution in [0, 0.1) is 0 Å². The van der Waals surface area contributed by atoms with Gasteiger partial charge in [-0.2, -0.15) is 11.8 Å². The predicted molar refractivity (Wildman–Crippen MR) is 65.3 cm³/mol. The number of rotatable bonds is 2. The Hall–Kier alpha value is 0.200. The van der Waals surface area contributed by atoms with Gasteiger partial charge in [0, 0.05) is 16.5 Å². The molecule has 0 bridgehead atoms. The highest BCUT2D eigenvalue weighted by Crippen LogP contribution is 2.40. The van der Waals surface area contributed by atoms with Crippen molar-refractivity contribution in [1.82, 2.24) is 0 Å². The molecule has 2 rings (SSSR count). The number of thiophene rings is 1. The molecule has 84 valence electrons. The van der Waals surface area contributed by atoms with Gasteiger partial charge < -0.3 is 9.79 Å². The molecule has 1 saturated heterocycles. The zero-order valence-electron chi connectivity index (χ0n) is 8.13. The summed E-state index contributed by atoms with van der Waals surface area (Å²) in [5, 5.41) is 0. The van der Waals surface area contributed by atoms with Gasteiger partial charge in [0.2, 0.25) is 0 Å². The van der Waals surface area contributed by atoms with E-state index in [0.29, 0.717) is 5.92 Å². The molecule has 1 aromatic heterocycles.